The van der Waals surface area contributed by atoms with Crippen LogP contribution in [0, 0.1) is 6.92 Å². The number of esters is 1. The Morgan fingerprint density at radius 1 is 1.17 bits per heavy atom. The fraction of sp³-hybridized carbons (Fsp3) is 0.500. The van der Waals surface area contributed by atoms with Crippen molar-refractivity contribution in [2.24, 2.45) is 14.1 Å². The molecule has 0 aromatic carbocycles. The molecular formula is C16H23N5O3. The predicted octanol–water partition coefficient (Wildman–Crippen LogP) is 1.80. The van der Waals surface area contributed by atoms with Gasteiger partial charge in [-0.25, -0.2) is 4.79 Å². The molecule has 2 aromatic heterocycles. The van der Waals surface area contributed by atoms with Crippen LogP contribution < -0.4 is 5.32 Å². The summed E-state index contributed by atoms with van der Waals surface area (Å²) in [6, 6.07) is 1.75. The Morgan fingerprint density at radius 3 is 2.29 bits per heavy atom. The van der Waals surface area contributed by atoms with E-state index in [1.165, 1.54) is 16.5 Å². The number of ether oxygens (including phenoxy) is 1. The van der Waals surface area contributed by atoms with Gasteiger partial charge in [0.1, 0.15) is 5.69 Å². The van der Waals surface area contributed by atoms with Crippen LogP contribution in [0.15, 0.2) is 6.07 Å². The molecule has 0 fully saturated rings. The van der Waals surface area contributed by atoms with Crippen molar-refractivity contribution in [3.05, 3.63) is 28.8 Å². The van der Waals surface area contributed by atoms with Gasteiger partial charge in [-0.3, -0.25) is 14.2 Å². The highest BCUT2D eigenvalue weighted by Crippen LogP contribution is 2.24. The minimum absolute atomic E-state index is 0.0732. The number of rotatable bonds is 3. The van der Waals surface area contributed by atoms with Gasteiger partial charge < -0.3 is 10.1 Å². The molecule has 0 saturated heterocycles. The summed E-state index contributed by atoms with van der Waals surface area (Å²) in [7, 11) is 4.68. The second-order valence-corrected chi connectivity index (χ2v) is 6.67. The maximum Gasteiger partial charge on any atom is 0.360 e. The molecule has 0 aliphatic rings. The molecule has 2 heterocycles. The van der Waals surface area contributed by atoms with Gasteiger partial charge in [-0.05, 0) is 13.0 Å². The monoisotopic (exact) mass is 333 g/mol. The van der Waals surface area contributed by atoms with Crippen LogP contribution >= 0.6 is 0 Å². The van der Waals surface area contributed by atoms with E-state index in [9.17, 15) is 9.59 Å². The number of methoxy groups -OCH3 is 1. The summed E-state index contributed by atoms with van der Waals surface area (Å²) >= 11 is 0. The van der Waals surface area contributed by atoms with Crippen LogP contribution in [0.5, 0.6) is 0 Å². The number of nitrogens with one attached hydrogen (secondary N) is 1. The summed E-state index contributed by atoms with van der Waals surface area (Å²) in [4.78, 5) is 24.5. The number of carbonyl (C=O) groups is 2. The second-order valence-electron chi connectivity index (χ2n) is 6.67. The molecule has 1 N–H and O–H groups in total. The van der Waals surface area contributed by atoms with Crippen LogP contribution in [0.25, 0.3) is 0 Å². The second kappa shape index (κ2) is 6.10. The van der Waals surface area contributed by atoms with Crippen molar-refractivity contribution in [2.75, 3.05) is 12.4 Å². The largest absolute Gasteiger partial charge is 0.464 e. The van der Waals surface area contributed by atoms with Gasteiger partial charge in [-0.15, -0.1) is 0 Å². The first-order valence-corrected chi connectivity index (χ1v) is 7.54. The quantitative estimate of drug-likeness (QED) is 0.865. The lowest BCUT2D eigenvalue weighted by molar-refractivity contribution is 0.0594. The van der Waals surface area contributed by atoms with Crippen molar-refractivity contribution in [1.82, 2.24) is 19.6 Å². The van der Waals surface area contributed by atoms with Gasteiger partial charge in [-0.1, -0.05) is 20.8 Å². The highest BCUT2D eigenvalue weighted by molar-refractivity contribution is 6.07. The first-order chi connectivity index (χ1) is 11.1. The number of carbonyl (C=O) groups excluding carboxylic acids is 2. The molecule has 1 amide bonds. The fourth-order valence-corrected chi connectivity index (χ4v) is 2.22. The number of aromatic nitrogens is 4. The van der Waals surface area contributed by atoms with Crippen molar-refractivity contribution in [3.8, 4) is 0 Å². The van der Waals surface area contributed by atoms with Crippen LogP contribution in [-0.4, -0.2) is 38.5 Å². The maximum atomic E-state index is 12.6. The molecule has 130 valence electrons. The summed E-state index contributed by atoms with van der Waals surface area (Å²) in [6.07, 6.45) is 0. The van der Waals surface area contributed by atoms with E-state index in [1.54, 1.807) is 27.1 Å². The van der Waals surface area contributed by atoms with Gasteiger partial charge in [0.15, 0.2) is 5.69 Å². The molecule has 0 radical (unpaired) electrons. The van der Waals surface area contributed by atoms with Crippen LogP contribution in [0.3, 0.4) is 0 Å². The van der Waals surface area contributed by atoms with E-state index in [4.69, 9.17) is 4.74 Å². The average Bonchev–Trinajstić information content (AvgIpc) is 3.01. The van der Waals surface area contributed by atoms with Crippen molar-refractivity contribution < 1.29 is 14.3 Å². The van der Waals surface area contributed by atoms with Crippen molar-refractivity contribution in [1.29, 1.82) is 0 Å². The zero-order valence-corrected chi connectivity index (χ0v) is 15.1. The number of nitrogens with zero attached hydrogens (tertiary/aromatic N) is 4. The summed E-state index contributed by atoms with van der Waals surface area (Å²) < 4.78 is 7.77. The number of amides is 1. The molecule has 0 atom stereocenters. The molecule has 0 unspecified atom stereocenters. The highest BCUT2D eigenvalue weighted by Gasteiger charge is 2.25. The Balaban J connectivity index is 2.38. The molecule has 0 aliphatic heterocycles. The first kappa shape index (κ1) is 17.7. The Kier molecular flexibility index (Phi) is 4.50. The predicted molar refractivity (Wildman–Crippen MR) is 89.1 cm³/mol. The van der Waals surface area contributed by atoms with E-state index in [-0.39, 0.29) is 17.0 Å². The van der Waals surface area contributed by atoms with Crippen molar-refractivity contribution in [3.63, 3.8) is 0 Å². The van der Waals surface area contributed by atoms with Gasteiger partial charge in [0.05, 0.1) is 24.2 Å². The summed E-state index contributed by atoms with van der Waals surface area (Å²) in [5, 5.41) is 11.2. The van der Waals surface area contributed by atoms with E-state index in [2.05, 4.69) is 15.5 Å². The van der Waals surface area contributed by atoms with Gasteiger partial charge in [0, 0.05) is 19.5 Å². The van der Waals surface area contributed by atoms with E-state index < -0.39 is 5.97 Å². The van der Waals surface area contributed by atoms with Gasteiger partial charge in [0.2, 0.25) is 0 Å². The number of anilines is 1. The molecule has 8 heteroatoms. The van der Waals surface area contributed by atoms with E-state index >= 15 is 0 Å². The van der Waals surface area contributed by atoms with Crippen molar-refractivity contribution >= 4 is 17.6 Å². The number of hydrogen-bond acceptors (Lipinski definition) is 5. The lowest BCUT2D eigenvalue weighted by Crippen LogP contribution is -2.18. The Hall–Kier alpha value is -2.64. The maximum absolute atomic E-state index is 12.6. The van der Waals surface area contributed by atoms with Crippen molar-refractivity contribution in [2.45, 2.75) is 33.1 Å². The summed E-state index contributed by atoms with van der Waals surface area (Å²) in [5.74, 6) is -0.962. The zero-order chi connectivity index (χ0) is 18.2. The molecule has 0 aliphatic carbocycles. The third-order valence-corrected chi connectivity index (χ3v) is 3.83. The van der Waals surface area contributed by atoms with Gasteiger partial charge in [0.25, 0.3) is 5.91 Å². The standard InChI is InChI=1S/C16H23N5O3/c1-9-12(13(15(23)24-7)19-20(9)5)17-14(22)10-8-11(16(2,3)4)18-21(10)6/h8H,1-7H3,(H,17,22). The lowest BCUT2D eigenvalue weighted by atomic mass is 9.92. The SMILES string of the molecule is COC(=O)c1nn(C)c(C)c1NC(=O)c1cc(C(C)(C)C)nn1C. The minimum atomic E-state index is -0.602. The number of aryl methyl sites for hydroxylation is 2. The zero-order valence-electron chi connectivity index (χ0n) is 15.1. The third-order valence-electron chi connectivity index (χ3n) is 3.83. The molecule has 0 spiro atoms. The van der Waals surface area contributed by atoms with Gasteiger partial charge >= 0.3 is 5.97 Å². The molecule has 8 nitrogen and oxygen atoms in total. The van der Waals surface area contributed by atoms with E-state index in [0.717, 1.165) is 5.69 Å². The van der Waals surface area contributed by atoms with E-state index in [0.29, 0.717) is 17.1 Å². The molecule has 0 saturated carbocycles. The first-order valence-electron chi connectivity index (χ1n) is 7.54. The topological polar surface area (TPSA) is 91.0 Å². The van der Waals surface area contributed by atoms with Crippen LogP contribution in [0.1, 0.15) is 53.1 Å². The highest BCUT2D eigenvalue weighted by atomic mass is 16.5. The lowest BCUT2D eigenvalue weighted by Gasteiger charge is -2.13. The van der Waals surface area contributed by atoms with Gasteiger partial charge in [-0.2, -0.15) is 10.2 Å². The van der Waals surface area contributed by atoms with Crippen LogP contribution in [0.4, 0.5) is 5.69 Å². The smallest absolute Gasteiger partial charge is 0.360 e. The summed E-state index contributed by atoms with van der Waals surface area (Å²) in [5.41, 5.74) is 2.11. The fourth-order valence-electron chi connectivity index (χ4n) is 2.22. The third kappa shape index (κ3) is 3.17. The molecule has 0 bridgehead atoms. The normalized spacial score (nSPS) is 11.5. The molecule has 2 aromatic rings. The molecular weight excluding hydrogens is 310 g/mol. The Bertz CT molecular complexity index is 795. The average molecular weight is 333 g/mol. The summed E-state index contributed by atoms with van der Waals surface area (Å²) in [6.45, 7) is 7.84. The Morgan fingerprint density at radius 2 is 1.79 bits per heavy atom. The minimum Gasteiger partial charge on any atom is -0.464 e. The Labute approximate surface area is 140 Å². The van der Waals surface area contributed by atoms with E-state index in [1.807, 2.05) is 20.8 Å². The number of hydrogen-bond donors (Lipinski definition) is 1. The molecule has 24 heavy (non-hydrogen) atoms. The van der Waals surface area contributed by atoms with Crippen LogP contribution in [-0.2, 0) is 24.2 Å². The van der Waals surface area contributed by atoms with Crippen LogP contribution in [0.2, 0.25) is 0 Å². The molecule has 2 rings (SSSR count).